The summed E-state index contributed by atoms with van der Waals surface area (Å²) in [6.07, 6.45) is 0. The number of hydrogen-bond donors (Lipinski definition) is 1. The lowest BCUT2D eigenvalue weighted by Gasteiger charge is -2.36. The molecule has 0 aromatic heterocycles. The fourth-order valence-electron chi connectivity index (χ4n) is 5.87. The number of halogens is 1. The lowest BCUT2D eigenvalue weighted by Crippen LogP contribution is -2.52. The molecular weight excluding hydrogens is 440 g/mol. The van der Waals surface area contributed by atoms with Crippen molar-refractivity contribution in [3.05, 3.63) is 101 Å². The highest BCUT2D eigenvalue weighted by Gasteiger charge is 2.69. The first-order valence-corrected chi connectivity index (χ1v) is 12.3. The fourth-order valence-corrected chi connectivity index (χ4v) is 7.32. The van der Waals surface area contributed by atoms with Crippen molar-refractivity contribution >= 4 is 40.7 Å². The van der Waals surface area contributed by atoms with Gasteiger partial charge in [-0.3, -0.25) is 14.5 Å². The van der Waals surface area contributed by atoms with E-state index in [1.54, 1.807) is 0 Å². The van der Waals surface area contributed by atoms with Crippen molar-refractivity contribution in [3.63, 3.8) is 0 Å². The molecule has 32 heavy (non-hydrogen) atoms. The summed E-state index contributed by atoms with van der Waals surface area (Å²) < 4.78 is 0. The number of hydrogen-bond acceptors (Lipinski definition) is 4. The second kappa shape index (κ2) is 7.48. The normalized spacial score (nSPS) is 28.5. The third-order valence-electron chi connectivity index (χ3n) is 7.12. The van der Waals surface area contributed by atoms with Gasteiger partial charge in [0.2, 0.25) is 5.91 Å². The van der Waals surface area contributed by atoms with Crippen molar-refractivity contribution < 1.29 is 9.59 Å². The summed E-state index contributed by atoms with van der Waals surface area (Å²) in [5.74, 6) is 0.847. The Kier molecular flexibility index (Phi) is 4.68. The van der Waals surface area contributed by atoms with Gasteiger partial charge in [0.05, 0.1) is 5.92 Å². The second-order valence-corrected chi connectivity index (χ2v) is 10.0. The first kappa shape index (κ1) is 20.0. The van der Waals surface area contributed by atoms with Crippen LogP contribution in [0.2, 0.25) is 5.02 Å². The van der Waals surface area contributed by atoms with Gasteiger partial charge in [-0.25, -0.2) is 0 Å². The van der Waals surface area contributed by atoms with Gasteiger partial charge in [-0.2, -0.15) is 0 Å². The zero-order chi connectivity index (χ0) is 21.9. The van der Waals surface area contributed by atoms with E-state index in [9.17, 15) is 9.59 Å². The number of Topliss-reactive ketones (excluding diaryl/α,β-unsaturated/α-hetero) is 1. The quantitative estimate of drug-likeness (QED) is 0.548. The van der Waals surface area contributed by atoms with E-state index in [0.717, 1.165) is 28.4 Å². The van der Waals surface area contributed by atoms with Crippen LogP contribution in [0.4, 0.5) is 5.69 Å². The molecule has 3 heterocycles. The zero-order valence-electron chi connectivity index (χ0n) is 17.2. The van der Waals surface area contributed by atoms with Crippen molar-refractivity contribution in [1.29, 1.82) is 0 Å². The van der Waals surface area contributed by atoms with Crippen molar-refractivity contribution in [1.82, 2.24) is 4.90 Å². The number of thioether (sulfide) groups is 1. The molecule has 3 aromatic rings. The summed E-state index contributed by atoms with van der Waals surface area (Å²) in [4.78, 5) is 30.3. The van der Waals surface area contributed by atoms with Gasteiger partial charge >= 0.3 is 0 Å². The topological polar surface area (TPSA) is 49.4 Å². The summed E-state index contributed by atoms with van der Waals surface area (Å²) in [6, 6.07) is 25.0. The van der Waals surface area contributed by atoms with Crippen LogP contribution >= 0.6 is 23.4 Å². The van der Waals surface area contributed by atoms with Crippen LogP contribution in [-0.2, 0) is 10.3 Å². The molecule has 3 aliphatic rings. The van der Waals surface area contributed by atoms with Crippen LogP contribution in [0, 0.1) is 5.92 Å². The number of ketones is 1. The number of fused-ring (bicyclic) bond motifs is 4. The van der Waals surface area contributed by atoms with Gasteiger partial charge in [0.15, 0.2) is 5.78 Å². The number of nitrogens with zero attached hydrogens (tertiary/aromatic N) is 1. The van der Waals surface area contributed by atoms with Gasteiger partial charge in [0.1, 0.15) is 5.54 Å². The Morgan fingerprint density at radius 3 is 2.50 bits per heavy atom. The Morgan fingerprint density at radius 2 is 1.72 bits per heavy atom. The average molecular weight is 461 g/mol. The molecule has 4 atom stereocenters. The largest absolute Gasteiger partial charge is 0.324 e. The summed E-state index contributed by atoms with van der Waals surface area (Å²) in [5.41, 5.74) is 2.37. The minimum atomic E-state index is -1.03. The van der Waals surface area contributed by atoms with E-state index in [1.807, 2.05) is 90.6 Å². The maximum atomic E-state index is 14.2. The van der Waals surface area contributed by atoms with Crippen molar-refractivity contribution in [3.8, 4) is 0 Å². The molecule has 3 aliphatic heterocycles. The highest BCUT2D eigenvalue weighted by Crippen LogP contribution is 2.61. The Balaban J connectivity index is 1.62. The van der Waals surface area contributed by atoms with Gasteiger partial charge in [0.25, 0.3) is 0 Å². The number of carbonyl (C=O) groups is 2. The molecule has 0 aliphatic carbocycles. The number of rotatable bonds is 3. The number of benzene rings is 3. The van der Waals surface area contributed by atoms with Gasteiger partial charge in [0, 0.05) is 45.4 Å². The van der Waals surface area contributed by atoms with Crippen LogP contribution in [-0.4, -0.2) is 34.3 Å². The van der Waals surface area contributed by atoms with Crippen LogP contribution in [0.1, 0.15) is 27.4 Å². The van der Waals surface area contributed by atoms with Crippen molar-refractivity contribution in [2.75, 3.05) is 16.9 Å². The highest BCUT2D eigenvalue weighted by atomic mass is 35.5. The molecule has 0 saturated carbocycles. The molecule has 1 spiro atoms. The van der Waals surface area contributed by atoms with Crippen molar-refractivity contribution in [2.45, 2.75) is 17.5 Å². The predicted molar refractivity (Wildman–Crippen MR) is 128 cm³/mol. The minimum absolute atomic E-state index is 0.0109. The van der Waals surface area contributed by atoms with Crippen LogP contribution in [0.15, 0.2) is 78.9 Å². The van der Waals surface area contributed by atoms with Gasteiger partial charge in [-0.15, -0.1) is 11.8 Å². The van der Waals surface area contributed by atoms with Crippen LogP contribution in [0.5, 0.6) is 0 Å². The number of anilines is 1. The fraction of sp³-hybridized carbons (Fsp3) is 0.231. The van der Waals surface area contributed by atoms with E-state index in [0.29, 0.717) is 10.6 Å². The second-order valence-electron chi connectivity index (χ2n) is 8.59. The van der Waals surface area contributed by atoms with E-state index in [2.05, 4.69) is 10.2 Å². The zero-order valence-corrected chi connectivity index (χ0v) is 18.8. The summed E-state index contributed by atoms with van der Waals surface area (Å²) in [7, 11) is 0. The first-order valence-electron chi connectivity index (χ1n) is 10.7. The van der Waals surface area contributed by atoms with Crippen molar-refractivity contribution in [2.24, 2.45) is 5.92 Å². The maximum Gasteiger partial charge on any atom is 0.250 e. The average Bonchev–Trinajstić information content (AvgIpc) is 3.48. The van der Waals surface area contributed by atoms with E-state index in [4.69, 9.17) is 11.6 Å². The van der Waals surface area contributed by atoms with Crippen LogP contribution in [0.3, 0.4) is 0 Å². The van der Waals surface area contributed by atoms with Gasteiger partial charge in [-0.1, -0.05) is 72.3 Å². The smallest absolute Gasteiger partial charge is 0.250 e. The Morgan fingerprint density at radius 1 is 1.00 bits per heavy atom. The number of para-hydroxylation sites is 1. The highest BCUT2D eigenvalue weighted by molar-refractivity contribution is 7.99. The van der Waals surface area contributed by atoms with E-state index >= 15 is 0 Å². The summed E-state index contributed by atoms with van der Waals surface area (Å²) >= 11 is 8.01. The molecule has 2 fully saturated rings. The molecule has 0 bridgehead atoms. The number of carbonyl (C=O) groups excluding carboxylic acids is 2. The Hall–Kier alpha value is -2.60. The molecule has 6 heteroatoms. The first-order chi connectivity index (χ1) is 15.6. The molecule has 2 saturated heterocycles. The number of nitrogens with one attached hydrogen (secondary N) is 1. The SMILES string of the molecule is O=C(c1ccccc1)[C@@H]1[C@H](c2ccc(Cl)cc2)[C@H]2CSCN2[C@]12C(=O)Nc1ccccc12. The Labute approximate surface area is 196 Å². The molecule has 4 nitrogen and oxygen atoms in total. The molecule has 0 radical (unpaired) electrons. The molecule has 160 valence electrons. The Bertz CT molecular complexity index is 1220. The van der Waals surface area contributed by atoms with E-state index < -0.39 is 11.5 Å². The third-order valence-corrected chi connectivity index (χ3v) is 8.41. The standard InChI is InChI=1S/C26H21ClN2O2S/c27-18-12-10-16(11-13-18)22-21-14-32-15-29(21)26(19-8-4-5-9-20(19)28-25(26)31)23(22)24(30)17-6-2-1-3-7-17/h1-13,21-23H,14-15H2,(H,28,31)/t21-,22-,23+,26+/m1/s1. The molecule has 0 unspecified atom stereocenters. The molecule has 1 amide bonds. The maximum absolute atomic E-state index is 14.2. The van der Waals surface area contributed by atoms with Crippen LogP contribution in [0.25, 0.3) is 0 Å². The lowest BCUT2D eigenvalue weighted by molar-refractivity contribution is -0.127. The molecule has 3 aromatic carbocycles. The molecule has 1 N–H and O–H groups in total. The summed E-state index contributed by atoms with van der Waals surface area (Å²) in [6.45, 7) is 0. The molecule has 6 rings (SSSR count). The summed E-state index contributed by atoms with van der Waals surface area (Å²) in [5, 5.41) is 3.76. The van der Waals surface area contributed by atoms with Gasteiger partial charge < -0.3 is 5.32 Å². The molecular formula is C26H21ClN2O2S. The van der Waals surface area contributed by atoms with E-state index in [-0.39, 0.29) is 23.7 Å². The minimum Gasteiger partial charge on any atom is -0.324 e. The predicted octanol–water partition coefficient (Wildman–Crippen LogP) is 5.16. The lowest BCUT2D eigenvalue weighted by atomic mass is 9.69. The van der Waals surface area contributed by atoms with Gasteiger partial charge in [-0.05, 0) is 23.8 Å². The third kappa shape index (κ3) is 2.68. The monoisotopic (exact) mass is 460 g/mol. The van der Waals surface area contributed by atoms with Crippen LogP contribution < -0.4 is 5.32 Å². The van der Waals surface area contributed by atoms with E-state index in [1.165, 1.54) is 0 Å². The number of amides is 1.